The fourth-order valence-corrected chi connectivity index (χ4v) is 2.13. The summed E-state index contributed by atoms with van der Waals surface area (Å²) in [7, 11) is 1.63. The summed E-state index contributed by atoms with van der Waals surface area (Å²) >= 11 is 0. The number of benzene rings is 1. The number of hydrogen-bond donors (Lipinski definition) is 2. The highest BCUT2D eigenvalue weighted by Gasteiger charge is 2.25. The van der Waals surface area contributed by atoms with Crippen molar-refractivity contribution in [3.8, 4) is 5.75 Å². The summed E-state index contributed by atoms with van der Waals surface area (Å²) in [6, 6.07) is 6.01. The highest BCUT2D eigenvalue weighted by molar-refractivity contribution is 5.54. The Labute approximate surface area is 96.8 Å². The Balaban J connectivity index is 2.13. The van der Waals surface area contributed by atoms with Crippen LogP contribution in [0.3, 0.4) is 0 Å². The van der Waals surface area contributed by atoms with Gasteiger partial charge in [-0.05, 0) is 42.5 Å². The molecule has 0 saturated heterocycles. The molecule has 0 aromatic heterocycles. The van der Waals surface area contributed by atoms with E-state index in [2.05, 4.69) is 6.07 Å². The topological polar surface area (TPSA) is 61.3 Å². The van der Waals surface area contributed by atoms with E-state index >= 15 is 0 Å². The van der Waals surface area contributed by atoms with Gasteiger partial charge in [0.05, 0.1) is 12.8 Å². The van der Waals surface area contributed by atoms with Crippen LogP contribution in [0.4, 0.5) is 5.69 Å². The minimum atomic E-state index is 0.445. The van der Waals surface area contributed by atoms with E-state index < -0.39 is 0 Å². The summed E-state index contributed by atoms with van der Waals surface area (Å²) < 4.78 is 5.15. The summed E-state index contributed by atoms with van der Waals surface area (Å²) in [4.78, 5) is 0. The maximum absolute atomic E-state index is 5.91. The van der Waals surface area contributed by atoms with Crippen molar-refractivity contribution in [1.82, 2.24) is 0 Å². The van der Waals surface area contributed by atoms with E-state index in [0.29, 0.717) is 18.2 Å². The predicted molar refractivity (Wildman–Crippen MR) is 66.5 cm³/mol. The van der Waals surface area contributed by atoms with Crippen molar-refractivity contribution in [2.75, 3.05) is 19.4 Å². The van der Waals surface area contributed by atoms with Crippen LogP contribution in [-0.2, 0) is 0 Å². The molecule has 0 heterocycles. The molecular weight excluding hydrogens is 200 g/mol. The van der Waals surface area contributed by atoms with Crippen LogP contribution in [-0.4, -0.2) is 13.7 Å². The maximum Gasteiger partial charge on any atom is 0.141 e. The molecule has 1 atom stereocenters. The van der Waals surface area contributed by atoms with Crippen LogP contribution >= 0.6 is 0 Å². The van der Waals surface area contributed by atoms with Gasteiger partial charge in [0, 0.05) is 0 Å². The first-order valence-electron chi connectivity index (χ1n) is 5.88. The van der Waals surface area contributed by atoms with Crippen molar-refractivity contribution < 1.29 is 4.74 Å². The first-order valence-corrected chi connectivity index (χ1v) is 5.88. The lowest BCUT2D eigenvalue weighted by Crippen LogP contribution is -2.13. The van der Waals surface area contributed by atoms with Crippen molar-refractivity contribution in [2.24, 2.45) is 11.7 Å². The van der Waals surface area contributed by atoms with Gasteiger partial charge in [0.2, 0.25) is 0 Å². The monoisotopic (exact) mass is 220 g/mol. The third-order valence-electron chi connectivity index (χ3n) is 3.32. The Hall–Kier alpha value is -1.22. The zero-order valence-electron chi connectivity index (χ0n) is 9.78. The molecule has 0 bridgehead atoms. The minimum absolute atomic E-state index is 0.445. The van der Waals surface area contributed by atoms with E-state index in [1.54, 1.807) is 7.11 Å². The number of anilines is 1. The standard InChI is InChI=1S/C13H20N2O/c1-16-13-5-4-10(7-12(13)15)11(8-14)6-9-2-3-9/h4-5,7,9,11H,2-3,6,8,14-15H2,1H3. The molecule has 1 fully saturated rings. The first-order chi connectivity index (χ1) is 7.74. The largest absolute Gasteiger partial charge is 0.495 e. The van der Waals surface area contributed by atoms with Crippen LogP contribution in [0.25, 0.3) is 0 Å². The number of ether oxygens (including phenoxy) is 1. The summed E-state index contributed by atoms with van der Waals surface area (Å²) in [5.41, 5.74) is 13.7. The second-order valence-electron chi connectivity index (χ2n) is 4.61. The van der Waals surface area contributed by atoms with Crippen LogP contribution < -0.4 is 16.2 Å². The Morgan fingerprint density at radius 2 is 2.19 bits per heavy atom. The van der Waals surface area contributed by atoms with Gasteiger partial charge in [-0.25, -0.2) is 0 Å². The fraction of sp³-hybridized carbons (Fsp3) is 0.538. The third kappa shape index (κ3) is 2.47. The van der Waals surface area contributed by atoms with Crippen LogP contribution in [0.5, 0.6) is 5.75 Å². The Morgan fingerprint density at radius 3 is 2.69 bits per heavy atom. The molecule has 0 spiro atoms. The zero-order chi connectivity index (χ0) is 11.5. The summed E-state index contributed by atoms with van der Waals surface area (Å²) in [6.45, 7) is 0.697. The Morgan fingerprint density at radius 1 is 1.44 bits per heavy atom. The van der Waals surface area contributed by atoms with Gasteiger partial charge in [0.1, 0.15) is 5.75 Å². The molecule has 1 saturated carbocycles. The van der Waals surface area contributed by atoms with Gasteiger partial charge in [-0.1, -0.05) is 18.9 Å². The molecule has 3 heteroatoms. The number of methoxy groups -OCH3 is 1. The molecular formula is C13H20N2O. The molecule has 1 aromatic carbocycles. The van der Waals surface area contributed by atoms with Gasteiger partial charge in [0.15, 0.2) is 0 Å². The van der Waals surface area contributed by atoms with E-state index in [0.717, 1.165) is 11.7 Å². The summed E-state index contributed by atoms with van der Waals surface area (Å²) in [6.07, 6.45) is 3.92. The smallest absolute Gasteiger partial charge is 0.141 e. The lowest BCUT2D eigenvalue weighted by atomic mass is 9.93. The molecule has 0 radical (unpaired) electrons. The van der Waals surface area contributed by atoms with Crippen molar-refractivity contribution >= 4 is 5.69 Å². The van der Waals surface area contributed by atoms with Gasteiger partial charge in [-0.15, -0.1) is 0 Å². The van der Waals surface area contributed by atoms with Gasteiger partial charge in [0.25, 0.3) is 0 Å². The molecule has 1 aliphatic rings. The molecule has 0 aliphatic heterocycles. The number of rotatable bonds is 5. The molecule has 0 amide bonds. The van der Waals surface area contributed by atoms with Crippen LogP contribution in [0.2, 0.25) is 0 Å². The highest BCUT2D eigenvalue weighted by atomic mass is 16.5. The number of nitrogens with two attached hydrogens (primary N) is 2. The molecule has 1 unspecified atom stereocenters. The first kappa shape index (κ1) is 11.3. The predicted octanol–water partition coefficient (Wildman–Crippen LogP) is 2.12. The van der Waals surface area contributed by atoms with Crippen molar-refractivity contribution in [2.45, 2.75) is 25.2 Å². The summed E-state index contributed by atoms with van der Waals surface area (Å²) in [5.74, 6) is 2.07. The fourth-order valence-electron chi connectivity index (χ4n) is 2.13. The van der Waals surface area contributed by atoms with Crippen LogP contribution in [0.15, 0.2) is 18.2 Å². The maximum atomic E-state index is 5.91. The van der Waals surface area contributed by atoms with E-state index in [-0.39, 0.29) is 0 Å². The van der Waals surface area contributed by atoms with E-state index in [9.17, 15) is 0 Å². The Kier molecular flexibility index (Phi) is 3.34. The lowest BCUT2D eigenvalue weighted by molar-refractivity contribution is 0.416. The normalized spacial score (nSPS) is 17.1. The number of hydrogen-bond acceptors (Lipinski definition) is 3. The van der Waals surface area contributed by atoms with E-state index in [1.807, 2.05) is 12.1 Å². The van der Waals surface area contributed by atoms with Crippen molar-refractivity contribution in [1.29, 1.82) is 0 Å². The molecule has 4 N–H and O–H groups in total. The average molecular weight is 220 g/mol. The van der Waals surface area contributed by atoms with Crippen molar-refractivity contribution in [3.63, 3.8) is 0 Å². The van der Waals surface area contributed by atoms with E-state index in [4.69, 9.17) is 16.2 Å². The molecule has 3 nitrogen and oxygen atoms in total. The minimum Gasteiger partial charge on any atom is -0.495 e. The average Bonchev–Trinajstić information content (AvgIpc) is 3.09. The zero-order valence-corrected chi connectivity index (χ0v) is 9.78. The number of nitrogen functional groups attached to an aromatic ring is 1. The molecule has 1 aromatic rings. The SMILES string of the molecule is COc1ccc(C(CN)CC2CC2)cc1N. The van der Waals surface area contributed by atoms with Gasteiger partial charge < -0.3 is 16.2 Å². The second kappa shape index (κ2) is 4.74. The Bertz CT molecular complexity index is 361. The quantitative estimate of drug-likeness (QED) is 0.747. The second-order valence-corrected chi connectivity index (χ2v) is 4.61. The lowest BCUT2D eigenvalue weighted by Gasteiger charge is -2.16. The third-order valence-corrected chi connectivity index (χ3v) is 3.32. The van der Waals surface area contributed by atoms with Gasteiger partial charge >= 0.3 is 0 Å². The van der Waals surface area contributed by atoms with Crippen molar-refractivity contribution in [3.05, 3.63) is 23.8 Å². The van der Waals surface area contributed by atoms with Gasteiger partial charge in [-0.3, -0.25) is 0 Å². The molecule has 1 aliphatic carbocycles. The summed E-state index contributed by atoms with van der Waals surface area (Å²) in [5, 5.41) is 0. The van der Waals surface area contributed by atoms with E-state index in [1.165, 1.54) is 24.8 Å². The molecule has 2 rings (SSSR count). The highest BCUT2D eigenvalue weighted by Crippen LogP contribution is 2.39. The molecule has 16 heavy (non-hydrogen) atoms. The van der Waals surface area contributed by atoms with Gasteiger partial charge in [-0.2, -0.15) is 0 Å². The van der Waals surface area contributed by atoms with Crippen LogP contribution in [0, 0.1) is 5.92 Å². The van der Waals surface area contributed by atoms with Crippen LogP contribution in [0.1, 0.15) is 30.7 Å². The molecule has 88 valence electrons.